The fourth-order valence-electron chi connectivity index (χ4n) is 5.71. The number of benzene rings is 4. The summed E-state index contributed by atoms with van der Waals surface area (Å²) in [7, 11) is -2.19. The Balaban J connectivity index is 0.000000430. The van der Waals surface area contributed by atoms with Gasteiger partial charge in [-0.25, -0.2) is 0 Å². The van der Waals surface area contributed by atoms with Gasteiger partial charge in [0.25, 0.3) is 0 Å². The van der Waals surface area contributed by atoms with Crippen molar-refractivity contribution in [3.05, 3.63) is 128 Å². The number of anilines is 2. The maximum Gasteiger partial charge on any atom is 0.245 e. The van der Waals surface area contributed by atoms with Gasteiger partial charge in [0.1, 0.15) is 24.2 Å². The number of Topliss-reactive ketones (excluding diaryl/α,β-unsaturated/α-hetero) is 2. The van der Waals surface area contributed by atoms with Crippen LogP contribution in [-0.2, 0) is 14.0 Å². The number of amides is 2. The zero-order valence-corrected chi connectivity index (χ0v) is 38.5. The molecule has 0 radical (unpaired) electrons. The van der Waals surface area contributed by atoms with E-state index in [0.717, 1.165) is 0 Å². The Bertz CT molecular complexity index is 2270. The van der Waals surface area contributed by atoms with Gasteiger partial charge >= 0.3 is 0 Å². The van der Waals surface area contributed by atoms with Gasteiger partial charge in [-0.1, -0.05) is 112 Å². The molecule has 0 saturated carbocycles. The molecule has 0 aliphatic rings. The molecule has 0 spiro atoms. The average Bonchev–Trinajstić information content (AvgIpc) is 3.22. The first-order chi connectivity index (χ1) is 28.6. The van der Waals surface area contributed by atoms with Gasteiger partial charge in [-0.15, -0.1) is 0 Å². The number of carbonyl (C=O) groups is 4. The van der Waals surface area contributed by atoms with Crippen molar-refractivity contribution < 1.29 is 28.7 Å². The lowest BCUT2D eigenvalue weighted by molar-refractivity contribution is -0.124. The summed E-state index contributed by atoms with van der Waals surface area (Å²) < 4.78 is 6.51. The van der Waals surface area contributed by atoms with Crippen LogP contribution in [0.5, 0.6) is 0 Å². The number of hydrogen-bond donors (Lipinski definition) is 5. The second-order valence-corrected chi connectivity index (χ2v) is 21.5. The Morgan fingerprint density at radius 2 is 1.06 bits per heavy atom. The van der Waals surface area contributed by atoms with Crippen molar-refractivity contribution in [2.45, 2.75) is 98.3 Å². The van der Waals surface area contributed by atoms with E-state index in [9.17, 15) is 29.5 Å². The maximum absolute atomic E-state index is 13.3. The summed E-state index contributed by atoms with van der Waals surface area (Å²) in [6.45, 7) is 17.2. The molecular weight excluding hydrogens is 844 g/mol. The molecule has 4 rings (SSSR count). The number of aliphatic hydroxyl groups is 1. The van der Waals surface area contributed by atoms with E-state index in [4.69, 9.17) is 32.9 Å². The monoisotopic (exact) mass is 900 g/mol. The van der Waals surface area contributed by atoms with Gasteiger partial charge in [0, 0.05) is 22.5 Å². The van der Waals surface area contributed by atoms with Crippen LogP contribution in [0.2, 0.25) is 28.2 Å². The lowest BCUT2D eigenvalue weighted by atomic mass is 10.1. The number of halogens is 2. The Labute approximate surface area is 377 Å². The molecule has 62 heavy (non-hydrogen) atoms. The summed E-state index contributed by atoms with van der Waals surface area (Å²) in [5.41, 5.74) is 4.13. The van der Waals surface area contributed by atoms with Crippen molar-refractivity contribution in [2.75, 3.05) is 23.7 Å². The van der Waals surface area contributed by atoms with Gasteiger partial charge in [0.15, 0.2) is 19.9 Å². The van der Waals surface area contributed by atoms with Crippen LogP contribution in [0.1, 0.15) is 85.0 Å². The van der Waals surface area contributed by atoms with Gasteiger partial charge < -0.3 is 30.8 Å². The summed E-state index contributed by atoms with van der Waals surface area (Å²) >= 11 is 12.5. The molecule has 0 aromatic heterocycles. The summed E-state index contributed by atoms with van der Waals surface area (Å²) in [6, 6.07) is 26.2. The molecule has 0 bridgehead atoms. The average molecular weight is 902 g/mol. The highest BCUT2D eigenvalue weighted by molar-refractivity contribution is 6.74. The summed E-state index contributed by atoms with van der Waals surface area (Å²) in [6.07, 6.45) is -1.51. The maximum atomic E-state index is 13.3. The minimum absolute atomic E-state index is 0. The van der Waals surface area contributed by atoms with Crippen molar-refractivity contribution in [1.29, 1.82) is 10.5 Å². The topological polar surface area (TPSA) is 193 Å². The van der Waals surface area contributed by atoms with E-state index >= 15 is 0 Å². The Morgan fingerprint density at radius 1 is 0.694 bits per heavy atom. The fourth-order valence-corrected chi connectivity index (χ4v) is 7.54. The zero-order valence-electron chi connectivity index (χ0n) is 35.9. The van der Waals surface area contributed by atoms with E-state index in [0.29, 0.717) is 49.8 Å². The Morgan fingerprint density at radius 3 is 1.42 bits per heavy atom. The van der Waals surface area contributed by atoms with Crippen LogP contribution in [0.15, 0.2) is 84.9 Å². The molecule has 0 aliphatic carbocycles. The van der Waals surface area contributed by atoms with Crippen LogP contribution >= 0.6 is 23.2 Å². The predicted molar refractivity (Wildman–Crippen MR) is 250 cm³/mol. The van der Waals surface area contributed by atoms with Gasteiger partial charge in [0.2, 0.25) is 11.8 Å². The van der Waals surface area contributed by atoms with Crippen LogP contribution in [0.25, 0.3) is 0 Å². The zero-order chi connectivity index (χ0) is 45.7. The lowest BCUT2D eigenvalue weighted by Gasteiger charge is -2.40. The van der Waals surface area contributed by atoms with Crippen LogP contribution in [0.4, 0.5) is 11.4 Å². The predicted octanol–water partition coefficient (Wildman–Crippen LogP) is 9.03. The van der Waals surface area contributed by atoms with E-state index in [1.54, 1.807) is 86.6 Å². The first-order valence-corrected chi connectivity index (χ1v) is 23.3. The van der Waals surface area contributed by atoms with Crippen LogP contribution in [-0.4, -0.2) is 74.2 Å². The molecule has 2 amide bonds. The number of aliphatic hydroxyl groups excluding tert-OH is 1. The standard InChI is InChI=1S/C26H34ClN3O3Si.C20H20ClN3O3.CH4/c1-17-21(14-13-20(15-28)23(17)27)30-24(18(2)33-34(6,7)26(3,4)5)25(32)29-16-22(31)19-11-9-8-10-12-19;1-12-16(9-8-15(10-22)18(12)21)24-19(13(2)25)20(27)23-11-17(26)14-6-4-3-5-7-14;/h8-14,18,24,30H,16H2,1-7H3,(H,29,32);3-9,13,19,24-25H,11H2,1-2H3,(H,23,27);1H4/t18-,24+;13-,19+;/m00./s1. The van der Waals surface area contributed by atoms with E-state index in [2.05, 4.69) is 61.2 Å². The van der Waals surface area contributed by atoms with Crippen molar-refractivity contribution in [2.24, 2.45) is 0 Å². The number of carbonyl (C=O) groups excluding carboxylic acids is 4. The number of hydrogen-bond acceptors (Lipinski definition) is 10. The second-order valence-electron chi connectivity index (χ2n) is 16.0. The van der Waals surface area contributed by atoms with E-state index in [1.165, 1.54) is 13.0 Å². The van der Waals surface area contributed by atoms with Crippen molar-refractivity contribution in [3.63, 3.8) is 0 Å². The normalized spacial score (nSPS) is 12.9. The molecule has 0 unspecified atom stereocenters. The number of nitriles is 2. The highest BCUT2D eigenvalue weighted by atomic mass is 35.5. The van der Waals surface area contributed by atoms with Crippen LogP contribution in [0, 0.1) is 36.5 Å². The first-order valence-electron chi connectivity index (χ1n) is 19.6. The molecule has 4 aromatic carbocycles. The molecule has 4 atom stereocenters. The summed E-state index contributed by atoms with van der Waals surface area (Å²) in [5.74, 6) is -1.28. The second kappa shape index (κ2) is 23.6. The quantitative estimate of drug-likeness (QED) is 0.0535. The Kier molecular flexibility index (Phi) is 20.0. The highest BCUT2D eigenvalue weighted by Gasteiger charge is 2.41. The summed E-state index contributed by atoms with van der Waals surface area (Å²) in [5, 5.41) is 40.3. The molecule has 0 fully saturated rings. The molecule has 330 valence electrons. The third kappa shape index (κ3) is 14.3. The van der Waals surface area contributed by atoms with Gasteiger partial charge in [-0.05, 0) is 81.2 Å². The molecule has 0 aliphatic heterocycles. The molecule has 5 N–H and O–H groups in total. The number of nitrogens with one attached hydrogen (secondary N) is 4. The van der Waals surface area contributed by atoms with E-state index < -0.39 is 38.5 Å². The van der Waals surface area contributed by atoms with Gasteiger partial charge in [-0.2, -0.15) is 10.5 Å². The molecule has 15 heteroatoms. The number of ketones is 2. The molecule has 12 nitrogen and oxygen atoms in total. The van der Waals surface area contributed by atoms with Crippen LogP contribution < -0.4 is 21.3 Å². The summed E-state index contributed by atoms with van der Waals surface area (Å²) in [4.78, 5) is 50.4. The highest BCUT2D eigenvalue weighted by Crippen LogP contribution is 2.38. The third-order valence-corrected chi connectivity index (χ3v) is 16.0. The van der Waals surface area contributed by atoms with Crippen molar-refractivity contribution in [1.82, 2.24) is 10.6 Å². The van der Waals surface area contributed by atoms with Gasteiger partial charge in [-0.3, -0.25) is 19.2 Å². The van der Waals surface area contributed by atoms with Gasteiger partial charge in [0.05, 0.1) is 46.5 Å². The number of rotatable bonds is 16. The molecular formula is C47H58Cl2N6O6Si. The fraction of sp³-hybridized carbons (Fsp3) is 0.362. The van der Waals surface area contributed by atoms with E-state index in [1.807, 2.05) is 19.1 Å². The minimum atomic E-state index is -2.19. The van der Waals surface area contributed by atoms with Crippen molar-refractivity contribution >= 4 is 66.3 Å². The SMILES string of the molecule is C.Cc1c(N[C@@H](C(=O)NCC(=O)c2ccccc2)[C@H](C)O)ccc(C#N)c1Cl.Cc1c(N[C@@H](C(=O)NCC(=O)c2ccccc2)[C@H](C)O[Si](C)(C)C(C)(C)C)ccc(C#N)c1Cl. The third-order valence-electron chi connectivity index (χ3n) is 10.5. The Hall–Kier alpha value is -5.54. The minimum Gasteiger partial charge on any atom is -0.412 e. The molecule has 0 saturated heterocycles. The largest absolute Gasteiger partial charge is 0.412 e. The smallest absolute Gasteiger partial charge is 0.245 e. The number of nitrogens with zero attached hydrogens (tertiary/aromatic N) is 2. The van der Waals surface area contributed by atoms with Crippen molar-refractivity contribution in [3.8, 4) is 12.1 Å². The molecule has 4 aromatic rings. The lowest BCUT2D eigenvalue weighted by Crippen LogP contribution is -2.53. The van der Waals surface area contributed by atoms with Crippen LogP contribution in [0.3, 0.4) is 0 Å². The van der Waals surface area contributed by atoms with E-state index in [-0.39, 0.29) is 48.1 Å². The first kappa shape index (κ1) is 52.6. The molecule has 0 heterocycles.